The lowest BCUT2D eigenvalue weighted by Gasteiger charge is -2.23. The average Bonchev–Trinajstić information content (AvgIpc) is 2.20. The number of piperidine rings is 1. The summed E-state index contributed by atoms with van der Waals surface area (Å²) >= 11 is 0. The van der Waals surface area contributed by atoms with Crippen LogP contribution in [0.25, 0.3) is 0 Å². The highest BCUT2D eigenvalue weighted by molar-refractivity contribution is 5.87. The molecule has 1 saturated heterocycles. The van der Waals surface area contributed by atoms with Gasteiger partial charge >= 0.3 is 0 Å². The van der Waals surface area contributed by atoms with Gasteiger partial charge < -0.3 is 5.32 Å². The number of carbonyl (C=O) groups is 1. The molecule has 1 unspecified atom stereocenters. The number of rotatable bonds is 1. The molecule has 0 amide bonds. The van der Waals surface area contributed by atoms with Crippen LogP contribution in [0, 0.1) is 6.92 Å². The first-order chi connectivity index (χ1) is 6.79. The maximum absolute atomic E-state index is 11.7. The van der Waals surface area contributed by atoms with E-state index >= 15 is 0 Å². The molecule has 0 bridgehead atoms. The number of aryl methyl sites for hydroxylation is 1. The predicted octanol–water partition coefficient (Wildman–Crippen LogP) is 1.64. The van der Waals surface area contributed by atoms with Crippen LogP contribution in [0.15, 0.2) is 24.3 Å². The van der Waals surface area contributed by atoms with Crippen molar-refractivity contribution in [2.75, 3.05) is 13.1 Å². The average molecular weight is 189 g/mol. The minimum atomic E-state index is 0.0740. The zero-order valence-corrected chi connectivity index (χ0v) is 8.42. The zero-order valence-electron chi connectivity index (χ0n) is 8.42. The third-order valence-corrected chi connectivity index (χ3v) is 2.85. The summed E-state index contributed by atoms with van der Waals surface area (Å²) in [6.45, 7) is 3.70. The van der Waals surface area contributed by atoms with E-state index in [9.17, 15) is 4.79 Å². The molecule has 1 aromatic carbocycles. The van der Waals surface area contributed by atoms with Crippen LogP contribution in [0.1, 0.15) is 23.5 Å². The normalized spacial score (nSPS) is 22.4. The first kappa shape index (κ1) is 9.41. The molecule has 1 aliphatic rings. The Morgan fingerprint density at radius 1 is 1.36 bits per heavy atom. The van der Waals surface area contributed by atoms with Gasteiger partial charge in [0, 0.05) is 19.5 Å². The first-order valence-corrected chi connectivity index (χ1v) is 5.08. The molecule has 2 rings (SSSR count). The van der Waals surface area contributed by atoms with Crippen molar-refractivity contribution < 1.29 is 4.79 Å². The van der Waals surface area contributed by atoms with Crippen molar-refractivity contribution in [2.24, 2.45) is 0 Å². The van der Waals surface area contributed by atoms with E-state index in [2.05, 4.69) is 24.4 Å². The number of ketones is 1. The second kappa shape index (κ2) is 3.93. The van der Waals surface area contributed by atoms with E-state index in [4.69, 9.17) is 0 Å². The van der Waals surface area contributed by atoms with Gasteiger partial charge in [0.25, 0.3) is 0 Å². The molecule has 74 valence electrons. The Kier molecular flexibility index (Phi) is 2.64. The summed E-state index contributed by atoms with van der Waals surface area (Å²) in [5, 5.41) is 3.27. The first-order valence-electron chi connectivity index (χ1n) is 5.08. The van der Waals surface area contributed by atoms with Crippen LogP contribution in [0.2, 0.25) is 0 Å². The number of nitrogens with one attached hydrogen (secondary N) is 1. The monoisotopic (exact) mass is 189 g/mol. The topological polar surface area (TPSA) is 29.1 Å². The van der Waals surface area contributed by atoms with Crippen LogP contribution >= 0.6 is 0 Å². The molecule has 0 spiro atoms. The van der Waals surface area contributed by atoms with Crippen molar-refractivity contribution in [3.63, 3.8) is 0 Å². The summed E-state index contributed by atoms with van der Waals surface area (Å²) in [7, 11) is 0. The van der Waals surface area contributed by atoms with Crippen molar-refractivity contribution in [1.82, 2.24) is 5.32 Å². The number of hydrogen-bond acceptors (Lipinski definition) is 2. The molecule has 1 aromatic rings. The van der Waals surface area contributed by atoms with E-state index in [1.807, 2.05) is 12.1 Å². The fourth-order valence-corrected chi connectivity index (χ4v) is 2.01. The van der Waals surface area contributed by atoms with Crippen molar-refractivity contribution in [2.45, 2.75) is 19.3 Å². The highest BCUT2D eigenvalue weighted by Crippen LogP contribution is 2.22. The van der Waals surface area contributed by atoms with Gasteiger partial charge in [0.2, 0.25) is 0 Å². The Bertz CT molecular complexity index is 346. The number of benzene rings is 1. The van der Waals surface area contributed by atoms with Crippen molar-refractivity contribution in [1.29, 1.82) is 0 Å². The van der Waals surface area contributed by atoms with E-state index in [0.29, 0.717) is 12.2 Å². The fourth-order valence-electron chi connectivity index (χ4n) is 2.01. The predicted molar refractivity (Wildman–Crippen MR) is 56.4 cm³/mol. The van der Waals surface area contributed by atoms with Crippen molar-refractivity contribution in [3.05, 3.63) is 35.4 Å². The minimum absolute atomic E-state index is 0.0740. The molecule has 1 atom stereocenters. The molecule has 0 aliphatic carbocycles. The van der Waals surface area contributed by atoms with Gasteiger partial charge in [-0.15, -0.1) is 0 Å². The Labute approximate surface area is 84.3 Å². The smallest absolute Gasteiger partial charge is 0.142 e. The fraction of sp³-hybridized carbons (Fsp3) is 0.417. The van der Waals surface area contributed by atoms with E-state index in [-0.39, 0.29) is 5.92 Å². The number of carbonyl (C=O) groups excluding carboxylic acids is 1. The summed E-state index contributed by atoms with van der Waals surface area (Å²) in [6, 6.07) is 8.14. The van der Waals surface area contributed by atoms with E-state index in [1.54, 1.807) is 0 Å². The third-order valence-electron chi connectivity index (χ3n) is 2.85. The number of hydrogen-bond donors (Lipinski definition) is 1. The molecular formula is C12H15NO. The molecule has 1 fully saturated rings. The number of Topliss-reactive ketones (excluding diaryl/α,β-unsaturated/α-hetero) is 1. The SMILES string of the molecule is Cc1ccccc1C1CNCCC1=O. The largest absolute Gasteiger partial charge is 0.315 e. The molecule has 0 saturated carbocycles. The second-order valence-corrected chi connectivity index (χ2v) is 3.83. The molecule has 1 N–H and O–H groups in total. The summed E-state index contributed by atoms with van der Waals surface area (Å²) in [6.07, 6.45) is 0.666. The molecule has 2 heteroatoms. The second-order valence-electron chi connectivity index (χ2n) is 3.83. The standard InChI is InChI=1S/C12H15NO/c1-9-4-2-3-5-10(9)11-8-13-7-6-12(11)14/h2-5,11,13H,6-8H2,1H3. The minimum Gasteiger partial charge on any atom is -0.315 e. The zero-order chi connectivity index (χ0) is 9.97. The van der Waals surface area contributed by atoms with Crippen molar-refractivity contribution in [3.8, 4) is 0 Å². The van der Waals surface area contributed by atoms with Crippen LogP contribution < -0.4 is 5.32 Å². The Hall–Kier alpha value is -1.15. The lowest BCUT2D eigenvalue weighted by Crippen LogP contribution is -2.35. The van der Waals surface area contributed by atoms with Crippen LogP contribution in [-0.2, 0) is 4.79 Å². The third kappa shape index (κ3) is 1.70. The Morgan fingerprint density at radius 2 is 2.14 bits per heavy atom. The van der Waals surface area contributed by atoms with Gasteiger partial charge in [0.05, 0.1) is 5.92 Å². The van der Waals surface area contributed by atoms with Gasteiger partial charge in [-0.3, -0.25) is 4.79 Å². The van der Waals surface area contributed by atoms with E-state index in [1.165, 1.54) is 11.1 Å². The van der Waals surface area contributed by atoms with E-state index in [0.717, 1.165) is 13.1 Å². The van der Waals surface area contributed by atoms with Crippen LogP contribution in [0.3, 0.4) is 0 Å². The lowest BCUT2D eigenvalue weighted by molar-refractivity contribution is -0.121. The van der Waals surface area contributed by atoms with Gasteiger partial charge in [0.15, 0.2) is 0 Å². The summed E-state index contributed by atoms with van der Waals surface area (Å²) in [5.41, 5.74) is 2.40. The maximum atomic E-state index is 11.7. The summed E-state index contributed by atoms with van der Waals surface area (Å²) < 4.78 is 0. The van der Waals surface area contributed by atoms with Crippen molar-refractivity contribution >= 4 is 5.78 Å². The van der Waals surface area contributed by atoms with Gasteiger partial charge in [0.1, 0.15) is 5.78 Å². The molecule has 1 aliphatic heterocycles. The summed E-state index contributed by atoms with van der Waals surface area (Å²) in [4.78, 5) is 11.7. The molecular weight excluding hydrogens is 174 g/mol. The maximum Gasteiger partial charge on any atom is 0.142 e. The summed E-state index contributed by atoms with van der Waals surface area (Å²) in [5.74, 6) is 0.447. The molecule has 1 heterocycles. The van der Waals surface area contributed by atoms with E-state index < -0.39 is 0 Å². The van der Waals surface area contributed by atoms with Gasteiger partial charge in [-0.2, -0.15) is 0 Å². The van der Waals surface area contributed by atoms with Gasteiger partial charge in [-0.25, -0.2) is 0 Å². The van der Waals surface area contributed by atoms with Crippen LogP contribution in [-0.4, -0.2) is 18.9 Å². The Balaban J connectivity index is 2.29. The molecule has 14 heavy (non-hydrogen) atoms. The highest BCUT2D eigenvalue weighted by atomic mass is 16.1. The van der Waals surface area contributed by atoms with Crippen LogP contribution in [0.5, 0.6) is 0 Å². The van der Waals surface area contributed by atoms with Crippen LogP contribution in [0.4, 0.5) is 0 Å². The Morgan fingerprint density at radius 3 is 2.86 bits per heavy atom. The molecule has 2 nitrogen and oxygen atoms in total. The van der Waals surface area contributed by atoms with Gasteiger partial charge in [-0.05, 0) is 18.1 Å². The van der Waals surface area contributed by atoms with Gasteiger partial charge in [-0.1, -0.05) is 24.3 Å². The quantitative estimate of drug-likeness (QED) is 0.727. The molecule has 0 aromatic heterocycles. The highest BCUT2D eigenvalue weighted by Gasteiger charge is 2.24. The lowest BCUT2D eigenvalue weighted by atomic mass is 9.88. The molecule has 0 radical (unpaired) electrons.